The van der Waals surface area contributed by atoms with E-state index in [9.17, 15) is 49.5 Å². The van der Waals surface area contributed by atoms with Gasteiger partial charge in [-0.25, -0.2) is 14.6 Å². The van der Waals surface area contributed by atoms with E-state index in [2.05, 4.69) is 44.2 Å². The maximum Gasteiger partial charge on any atom is 0.364 e. The third-order valence-corrected chi connectivity index (χ3v) is 8.28. The summed E-state index contributed by atoms with van der Waals surface area (Å²) in [5.41, 5.74) is 3.56. The number of aliphatic hydroxyl groups excluding tert-OH is 1. The number of carbonyl (C=O) groups excluding carboxylic acids is 3. The zero-order valence-corrected chi connectivity index (χ0v) is 37.2. The van der Waals surface area contributed by atoms with Crippen molar-refractivity contribution in [2.45, 2.75) is 98.4 Å². The molecule has 0 aliphatic rings. The van der Waals surface area contributed by atoms with Crippen LogP contribution in [0.3, 0.4) is 0 Å². The zero-order chi connectivity index (χ0) is 49.3. The molecule has 350 valence electrons. The monoisotopic (exact) mass is 899 g/mol. The normalized spacial score (nSPS) is 11.4. The van der Waals surface area contributed by atoms with Crippen molar-refractivity contribution in [3.63, 3.8) is 0 Å². The van der Waals surface area contributed by atoms with Crippen molar-refractivity contribution in [2.75, 3.05) is 20.8 Å². The van der Waals surface area contributed by atoms with Crippen LogP contribution >= 0.6 is 0 Å². The van der Waals surface area contributed by atoms with Crippen LogP contribution in [0.4, 0.5) is 17.1 Å². The van der Waals surface area contributed by atoms with Crippen LogP contribution in [0.5, 0.6) is 11.8 Å². The highest BCUT2D eigenvalue weighted by Crippen LogP contribution is 2.28. The Hall–Kier alpha value is -7.20. The fourth-order valence-electron chi connectivity index (χ4n) is 4.81. The molecule has 0 bridgehead atoms. The number of aromatic amines is 1. The Morgan fingerprint density at radius 3 is 1.47 bits per heavy atom. The molecule has 0 fully saturated rings. The molecule has 3 aromatic heterocycles. The second-order valence-corrected chi connectivity index (χ2v) is 13.7. The largest absolute Gasteiger partial charge is 0.474 e. The van der Waals surface area contributed by atoms with Crippen molar-refractivity contribution >= 4 is 34.8 Å². The molecule has 0 spiro atoms. The number of ether oxygens (including phenoxy) is 4. The molecule has 3 aromatic rings. The number of carbonyl (C=O) groups is 3. The van der Waals surface area contributed by atoms with Gasteiger partial charge in [-0.3, -0.25) is 39.9 Å². The number of nitro groups is 3. The van der Waals surface area contributed by atoms with Crippen molar-refractivity contribution < 1.29 is 53.2 Å². The molecule has 3 rings (SSSR count). The van der Waals surface area contributed by atoms with Crippen LogP contribution in [0.25, 0.3) is 0 Å². The zero-order valence-electron chi connectivity index (χ0n) is 37.2. The molecular formula is C42H57N7O15. The smallest absolute Gasteiger partial charge is 0.364 e. The number of methoxy groups -OCH3 is 2. The van der Waals surface area contributed by atoms with E-state index >= 15 is 0 Å². The van der Waals surface area contributed by atoms with Crippen LogP contribution in [0.1, 0.15) is 107 Å². The van der Waals surface area contributed by atoms with Gasteiger partial charge in [-0.05, 0) is 80.1 Å². The van der Waals surface area contributed by atoms with Gasteiger partial charge in [0.05, 0.1) is 53.8 Å². The van der Waals surface area contributed by atoms with Crippen molar-refractivity contribution in [3.05, 3.63) is 131 Å². The number of nitrogens with one attached hydrogen (secondary N) is 1. The van der Waals surface area contributed by atoms with Crippen LogP contribution in [0.15, 0.2) is 61.0 Å². The Kier molecular flexibility index (Phi) is 25.9. The van der Waals surface area contributed by atoms with Gasteiger partial charge in [0, 0.05) is 34.9 Å². The molecule has 0 saturated heterocycles. The summed E-state index contributed by atoms with van der Waals surface area (Å²) in [6.07, 6.45) is 9.68. The maximum absolute atomic E-state index is 11.7. The molecule has 0 amide bonds. The number of aromatic nitrogens is 3. The first-order valence-corrected chi connectivity index (χ1v) is 19.5. The highest BCUT2D eigenvalue weighted by Gasteiger charge is 2.27. The summed E-state index contributed by atoms with van der Waals surface area (Å²) < 4.78 is 20.1. The lowest BCUT2D eigenvalue weighted by Crippen LogP contribution is -2.19. The number of hydrogen-bond donors (Lipinski definition) is 3. The van der Waals surface area contributed by atoms with E-state index in [1.54, 1.807) is 32.9 Å². The molecule has 0 saturated carbocycles. The molecule has 3 heterocycles. The van der Waals surface area contributed by atoms with Gasteiger partial charge in [0.2, 0.25) is 28.9 Å². The lowest BCUT2D eigenvalue weighted by molar-refractivity contribution is -0.385. The Balaban J connectivity index is 0.000000875. The minimum absolute atomic E-state index is 0.142. The molecule has 22 heteroatoms. The lowest BCUT2D eigenvalue weighted by Gasteiger charge is -2.15. The molecule has 0 unspecified atom stereocenters. The van der Waals surface area contributed by atoms with Gasteiger partial charge in [-0.15, -0.1) is 19.7 Å². The summed E-state index contributed by atoms with van der Waals surface area (Å²) in [5.74, 6) is -2.00. The van der Waals surface area contributed by atoms with Gasteiger partial charge in [0.1, 0.15) is 0 Å². The molecule has 4 N–H and O–H groups in total. The fourth-order valence-corrected chi connectivity index (χ4v) is 4.81. The van der Waals surface area contributed by atoms with Crippen molar-refractivity contribution in [1.82, 2.24) is 15.0 Å². The van der Waals surface area contributed by atoms with Gasteiger partial charge >= 0.3 is 23.3 Å². The number of nitrogens with two attached hydrogens (primary N) is 1. The predicted octanol–water partition coefficient (Wildman–Crippen LogP) is 6.70. The first-order chi connectivity index (χ1) is 30.0. The first kappa shape index (κ1) is 56.8. The summed E-state index contributed by atoms with van der Waals surface area (Å²) in [4.78, 5) is 86.1. The van der Waals surface area contributed by atoms with E-state index in [0.717, 1.165) is 58.8 Å². The van der Waals surface area contributed by atoms with E-state index < -0.39 is 55.1 Å². The third-order valence-electron chi connectivity index (χ3n) is 8.28. The Morgan fingerprint density at radius 2 is 1.11 bits per heavy atom. The second kappa shape index (κ2) is 29.2. The Morgan fingerprint density at radius 1 is 0.719 bits per heavy atom. The number of aliphatic hydroxyl groups is 1. The maximum atomic E-state index is 11.7. The van der Waals surface area contributed by atoms with Crippen molar-refractivity contribution in [2.24, 2.45) is 5.73 Å². The quantitative estimate of drug-likeness (QED) is 0.0349. The number of aryl methyl sites for hydroxylation is 3. The van der Waals surface area contributed by atoms with Crippen LogP contribution in [-0.4, -0.2) is 91.6 Å². The van der Waals surface area contributed by atoms with Crippen LogP contribution < -0.4 is 20.8 Å². The standard InChI is InChI=1S/C14H19N3O4.C14H18N2O5.C8H8N2O5.C6H12O/c1-4-5-6-10(3)21-14-9(2)7-11(17(19)20)13(16-14)12(18)8-15;1-5-6-7-10(3)21-13-9(2)8-11(16(18)19)12(15-13)14(17)20-4;1-4-3-5(10(13)14)6(8(12)15-2)9-7(4)11;1-3-4-5-6(2)7/h4,7,10H,1,5-6,8,15H2,2-3H3;5,8,10H,1,6-7H2,2-4H3;3H,1-2H3,(H,9,11);3,6-7H,1,4-5H2,2H3/t2*10-;;6-/m11.0/s1. The van der Waals surface area contributed by atoms with Crippen molar-refractivity contribution in [3.8, 4) is 11.8 Å². The van der Waals surface area contributed by atoms with Crippen LogP contribution in [0, 0.1) is 51.1 Å². The predicted molar refractivity (Wildman–Crippen MR) is 236 cm³/mol. The highest BCUT2D eigenvalue weighted by molar-refractivity contribution is 5.99. The summed E-state index contributed by atoms with van der Waals surface area (Å²) in [5, 5.41) is 41.2. The minimum Gasteiger partial charge on any atom is -0.474 e. The molecule has 3 atom stereocenters. The first-order valence-electron chi connectivity index (χ1n) is 19.5. The van der Waals surface area contributed by atoms with Crippen LogP contribution in [0.2, 0.25) is 0 Å². The summed E-state index contributed by atoms with van der Waals surface area (Å²) in [6, 6.07) is 3.57. The van der Waals surface area contributed by atoms with Gasteiger partial charge < -0.3 is 34.8 Å². The van der Waals surface area contributed by atoms with E-state index in [4.69, 9.17) is 20.3 Å². The summed E-state index contributed by atoms with van der Waals surface area (Å²) in [7, 11) is 2.21. The van der Waals surface area contributed by atoms with E-state index in [1.165, 1.54) is 19.1 Å². The summed E-state index contributed by atoms with van der Waals surface area (Å²) in [6.45, 7) is 20.6. The topological polar surface area (TPSA) is 322 Å². The molecular weight excluding hydrogens is 842 g/mol. The second-order valence-electron chi connectivity index (χ2n) is 13.7. The average Bonchev–Trinajstić information content (AvgIpc) is 3.25. The number of allylic oxidation sites excluding steroid dienone is 3. The number of H-pyrrole nitrogens is 1. The summed E-state index contributed by atoms with van der Waals surface area (Å²) >= 11 is 0. The number of ketones is 1. The lowest BCUT2D eigenvalue weighted by atomic mass is 10.1. The third kappa shape index (κ3) is 19.2. The van der Waals surface area contributed by atoms with E-state index in [-0.39, 0.29) is 59.3 Å². The molecule has 64 heavy (non-hydrogen) atoms. The molecule has 0 aromatic carbocycles. The Bertz CT molecular complexity index is 2090. The molecule has 22 nitrogen and oxygen atoms in total. The molecule has 0 aliphatic carbocycles. The van der Waals surface area contributed by atoms with Gasteiger partial charge in [0.25, 0.3) is 11.2 Å². The minimum atomic E-state index is -0.946. The van der Waals surface area contributed by atoms with Gasteiger partial charge in [-0.2, -0.15) is 4.98 Å². The van der Waals surface area contributed by atoms with E-state index in [0.29, 0.717) is 11.1 Å². The molecule has 0 aliphatic heterocycles. The average molecular weight is 900 g/mol. The number of pyridine rings is 3. The molecule has 0 radical (unpaired) electrons. The number of esters is 2. The van der Waals surface area contributed by atoms with Gasteiger partial charge in [0.15, 0.2) is 5.69 Å². The van der Waals surface area contributed by atoms with E-state index in [1.807, 2.05) is 19.9 Å². The number of nitrogens with zero attached hydrogens (tertiary/aromatic N) is 5. The van der Waals surface area contributed by atoms with Gasteiger partial charge in [-0.1, -0.05) is 18.2 Å². The SMILES string of the molecule is C=CCC[C@@H](C)Oc1nc(C(=O)CN)c([N+](=O)[O-])cc1C.C=CCC[C@@H](C)Oc1nc(C(=O)OC)c([N+](=O)[O-])cc1C.C=CCC[C@H](C)O.COC(=O)c1[nH]c(=O)c(C)cc1[N+](=O)[O-]. The number of rotatable bonds is 20. The highest BCUT2D eigenvalue weighted by atomic mass is 16.6. The van der Waals surface area contributed by atoms with Crippen molar-refractivity contribution in [1.29, 1.82) is 0 Å². The fraction of sp³-hybridized carbons (Fsp3) is 0.429. The number of hydrogen-bond acceptors (Lipinski definition) is 18. The Labute approximate surface area is 369 Å². The number of Topliss-reactive ketones (excluding diaryl/α,β-unsaturated/α-hetero) is 1. The van der Waals surface area contributed by atoms with Crippen LogP contribution in [-0.2, 0) is 9.47 Å².